The molecule has 0 aliphatic heterocycles. The fourth-order valence-electron chi connectivity index (χ4n) is 2.57. The molecule has 1 heterocycles. The second-order valence-electron chi connectivity index (χ2n) is 6.53. The number of carbonyl (C=O) groups is 1. The van der Waals surface area contributed by atoms with Gasteiger partial charge in [-0.1, -0.05) is 34.1 Å². The summed E-state index contributed by atoms with van der Waals surface area (Å²) in [5.41, 5.74) is 6.40. The van der Waals surface area contributed by atoms with Crippen molar-refractivity contribution < 1.29 is 9.21 Å². The van der Waals surface area contributed by atoms with Crippen molar-refractivity contribution in [3.63, 3.8) is 0 Å². The molecule has 6 nitrogen and oxygen atoms in total. The van der Waals surface area contributed by atoms with Crippen LogP contribution in [0.4, 0.5) is 0 Å². The van der Waals surface area contributed by atoms with Crippen LogP contribution in [-0.4, -0.2) is 41.5 Å². The summed E-state index contributed by atoms with van der Waals surface area (Å²) in [4.78, 5) is 18.9. The molecule has 0 aromatic carbocycles. The van der Waals surface area contributed by atoms with E-state index in [1.54, 1.807) is 0 Å². The highest BCUT2D eigenvalue weighted by atomic mass is 16.3. The van der Waals surface area contributed by atoms with Crippen LogP contribution in [0.15, 0.2) is 10.7 Å². The zero-order valence-corrected chi connectivity index (χ0v) is 15.8. The zero-order chi connectivity index (χ0) is 18.1. The second kappa shape index (κ2) is 10.5. The van der Waals surface area contributed by atoms with Crippen LogP contribution >= 0.6 is 0 Å². The summed E-state index contributed by atoms with van der Waals surface area (Å²) < 4.78 is 5.39. The van der Waals surface area contributed by atoms with Crippen molar-refractivity contribution in [2.75, 3.05) is 19.6 Å². The molecule has 24 heavy (non-hydrogen) atoms. The Labute approximate surface area is 146 Å². The van der Waals surface area contributed by atoms with Crippen molar-refractivity contribution in [1.29, 1.82) is 0 Å². The molecule has 3 unspecified atom stereocenters. The van der Waals surface area contributed by atoms with Crippen LogP contribution in [0.3, 0.4) is 0 Å². The first kappa shape index (κ1) is 20.6. The molecule has 0 aliphatic carbocycles. The zero-order valence-electron chi connectivity index (χ0n) is 15.8. The number of nitrogens with two attached hydrogens (primary N) is 1. The molecule has 0 radical (unpaired) electrons. The van der Waals surface area contributed by atoms with Gasteiger partial charge in [0.2, 0.25) is 5.89 Å². The van der Waals surface area contributed by atoms with Gasteiger partial charge in [0.15, 0.2) is 5.69 Å². The van der Waals surface area contributed by atoms with Gasteiger partial charge in [0, 0.05) is 6.04 Å². The van der Waals surface area contributed by atoms with Crippen molar-refractivity contribution in [3.8, 4) is 0 Å². The number of carbonyl (C=O) groups excluding carboxylic acids is 1. The van der Waals surface area contributed by atoms with E-state index in [4.69, 9.17) is 10.2 Å². The summed E-state index contributed by atoms with van der Waals surface area (Å²) in [6.07, 6.45) is 4.34. The molecular formula is C18H34N4O2. The standard InChI is InChI=1S/C18H34N4O2/c1-6-13(4)16(19)18-21-15(12-24-18)17(23)20-14(5)10-9-11-22(7-2)8-3/h12-14,16H,6-11,19H2,1-5H3,(H,20,23). The minimum Gasteiger partial charge on any atom is -0.446 e. The minimum atomic E-state index is -0.275. The average molecular weight is 338 g/mol. The summed E-state index contributed by atoms with van der Waals surface area (Å²) in [5.74, 6) is 0.499. The molecule has 138 valence electrons. The van der Waals surface area contributed by atoms with Crippen LogP contribution in [0.1, 0.15) is 76.3 Å². The highest BCUT2D eigenvalue weighted by molar-refractivity contribution is 5.92. The molecule has 1 amide bonds. The van der Waals surface area contributed by atoms with E-state index >= 15 is 0 Å². The van der Waals surface area contributed by atoms with Crippen molar-refractivity contribution >= 4 is 5.91 Å². The second-order valence-corrected chi connectivity index (χ2v) is 6.53. The molecule has 3 atom stereocenters. The maximum absolute atomic E-state index is 12.3. The quantitative estimate of drug-likeness (QED) is 0.648. The number of nitrogens with one attached hydrogen (secondary N) is 1. The summed E-state index contributed by atoms with van der Waals surface area (Å²) in [5, 5.41) is 2.98. The van der Waals surface area contributed by atoms with Crippen molar-refractivity contribution in [3.05, 3.63) is 17.8 Å². The molecule has 0 saturated carbocycles. The number of rotatable bonds is 11. The molecule has 1 aromatic heterocycles. The van der Waals surface area contributed by atoms with E-state index in [2.05, 4.69) is 36.0 Å². The first-order chi connectivity index (χ1) is 11.4. The van der Waals surface area contributed by atoms with Gasteiger partial charge in [0.1, 0.15) is 6.26 Å². The number of nitrogens with zero attached hydrogens (tertiary/aromatic N) is 2. The summed E-state index contributed by atoms with van der Waals surface area (Å²) in [6, 6.07) is -0.167. The molecule has 0 saturated heterocycles. The summed E-state index contributed by atoms with van der Waals surface area (Å²) >= 11 is 0. The fourth-order valence-corrected chi connectivity index (χ4v) is 2.57. The van der Waals surface area contributed by atoms with Gasteiger partial charge in [0.25, 0.3) is 5.91 Å². The molecule has 0 spiro atoms. The SMILES string of the molecule is CCC(C)C(N)c1nc(C(=O)NC(C)CCCN(CC)CC)co1. The highest BCUT2D eigenvalue weighted by Gasteiger charge is 2.21. The molecule has 1 rings (SSSR count). The Bertz CT molecular complexity index is 485. The van der Waals surface area contributed by atoms with Crippen molar-refractivity contribution in [2.45, 2.75) is 66.0 Å². The molecule has 1 aromatic rings. The third-order valence-electron chi connectivity index (χ3n) is 4.68. The first-order valence-corrected chi connectivity index (χ1v) is 9.17. The van der Waals surface area contributed by atoms with Gasteiger partial charge in [-0.2, -0.15) is 0 Å². The predicted octanol–water partition coefficient (Wildman–Crippen LogP) is 2.96. The largest absolute Gasteiger partial charge is 0.446 e. The number of amides is 1. The fraction of sp³-hybridized carbons (Fsp3) is 0.778. The monoisotopic (exact) mass is 338 g/mol. The maximum atomic E-state index is 12.3. The Morgan fingerprint density at radius 1 is 1.33 bits per heavy atom. The van der Waals surface area contributed by atoms with E-state index in [0.29, 0.717) is 11.6 Å². The van der Waals surface area contributed by atoms with Crippen LogP contribution in [0.25, 0.3) is 0 Å². The molecule has 0 bridgehead atoms. The van der Waals surface area contributed by atoms with E-state index in [9.17, 15) is 4.79 Å². The van der Waals surface area contributed by atoms with Gasteiger partial charge in [-0.25, -0.2) is 4.98 Å². The topological polar surface area (TPSA) is 84.4 Å². The van der Waals surface area contributed by atoms with Gasteiger partial charge in [-0.15, -0.1) is 0 Å². The lowest BCUT2D eigenvalue weighted by Gasteiger charge is -2.19. The lowest BCUT2D eigenvalue weighted by Crippen LogP contribution is -2.34. The molecule has 6 heteroatoms. The Hall–Kier alpha value is -1.40. The third kappa shape index (κ3) is 6.24. The van der Waals surface area contributed by atoms with Crippen LogP contribution in [-0.2, 0) is 0 Å². The van der Waals surface area contributed by atoms with E-state index in [-0.39, 0.29) is 23.9 Å². The molecule has 0 fully saturated rings. The molecular weight excluding hydrogens is 304 g/mol. The normalized spacial score (nSPS) is 15.3. The highest BCUT2D eigenvalue weighted by Crippen LogP contribution is 2.21. The van der Waals surface area contributed by atoms with Gasteiger partial charge in [0.05, 0.1) is 6.04 Å². The Kier molecular flexibility index (Phi) is 9.00. The van der Waals surface area contributed by atoms with Gasteiger partial charge < -0.3 is 20.4 Å². The van der Waals surface area contributed by atoms with Crippen LogP contribution in [0, 0.1) is 5.92 Å². The Balaban J connectivity index is 2.46. The first-order valence-electron chi connectivity index (χ1n) is 9.17. The average Bonchev–Trinajstić information content (AvgIpc) is 3.07. The lowest BCUT2D eigenvalue weighted by molar-refractivity contribution is 0.0932. The van der Waals surface area contributed by atoms with Crippen LogP contribution in [0.5, 0.6) is 0 Å². The number of hydrogen-bond acceptors (Lipinski definition) is 5. The Morgan fingerprint density at radius 2 is 2.00 bits per heavy atom. The van der Waals surface area contributed by atoms with Gasteiger partial charge >= 0.3 is 0 Å². The lowest BCUT2D eigenvalue weighted by atomic mass is 10.0. The molecule has 0 aliphatic rings. The summed E-state index contributed by atoms with van der Waals surface area (Å²) in [7, 11) is 0. The van der Waals surface area contributed by atoms with Crippen molar-refractivity contribution in [2.24, 2.45) is 11.7 Å². The maximum Gasteiger partial charge on any atom is 0.273 e. The third-order valence-corrected chi connectivity index (χ3v) is 4.68. The van der Waals surface area contributed by atoms with Gasteiger partial charge in [-0.05, 0) is 45.3 Å². The number of hydrogen-bond donors (Lipinski definition) is 2. The predicted molar refractivity (Wildman–Crippen MR) is 96.8 cm³/mol. The van der Waals surface area contributed by atoms with Gasteiger partial charge in [-0.3, -0.25) is 4.79 Å². The molecule has 3 N–H and O–H groups in total. The smallest absolute Gasteiger partial charge is 0.273 e. The van der Waals surface area contributed by atoms with Crippen LogP contribution in [0.2, 0.25) is 0 Å². The van der Waals surface area contributed by atoms with Crippen LogP contribution < -0.4 is 11.1 Å². The number of oxazole rings is 1. The van der Waals surface area contributed by atoms with E-state index in [1.165, 1.54) is 6.26 Å². The minimum absolute atomic E-state index is 0.108. The summed E-state index contributed by atoms with van der Waals surface area (Å²) in [6.45, 7) is 13.7. The number of aromatic nitrogens is 1. The van der Waals surface area contributed by atoms with E-state index in [0.717, 1.165) is 38.9 Å². The van der Waals surface area contributed by atoms with E-state index in [1.807, 2.05) is 13.8 Å². The van der Waals surface area contributed by atoms with Crippen molar-refractivity contribution in [1.82, 2.24) is 15.2 Å². The van der Waals surface area contributed by atoms with E-state index < -0.39 is 0 Å². The Morgan fingerprint density at radius 3 is 2.58 bits per heavy atom.